The molecule has 0 aromatic heterocycles. The first-order valence-corrected chi connectivity index (χ1v) is 6.31. The van der Waals surface area contributed by atoms with Crippen molar-refractivity contribution < 1.29 is 24.2 Å². The molecule has 1 aromatic rings. The van der Waals surface area contributed by atoms with Gasteiger partial charge in [0, 0.05) is 19.3 Å². The molecule has 7 nitrogen and oxygen atoms in total. The molecule has 0 atom stereocenters. The zero-order chi connectivity index (χ0) is 15.8. The van der Waals surface area contributed by atoms with E-state index >= 15 is 0 Å². The Morgan fingerprint density at radius 1 is 1.24 bits per heavy atom. The van der Waals surface area contributed by atoms with E-state index in [0.717, 1.165) is 10.5 Å². The van der Waals surface area contributed by atoms with E-state index < -0.39 is 24.3 Å². The lowest BCUT2D eigenvalue weighted by Crippen LogP contribution is -2.44. The summed E-state index contributed by atoms with van der Waals surface area (Å²) in [7, 11) is 1.43. The molecule has 0 unspecified atom stereocenters. The molecular formula is C14H18N2O5. The van der Waals surface area contributed by atoms with Gasteiger partial charge in [0.25, 0.3) is 0 Å². The average Bonchev–Trinajstić information content (AvgIpc) is 2.44. The average molecular weight is 294 g/mol. The van der Waals surface area contributed by atoms with Crippen LogP contribution in [0.5, 0.6) is 0 Å². The van der Waals surface area contributed by atoms with Gasteiger partial charge in [-0.3, -0.25) is 14.4 Å². The Kier molecular flexibility index (Phi) is 6.35. The van der Waals surface area contributed by atoms with Crippen LogP contribution in [0.2, 0.25) is 0 Å². The van der Waals surface area contributed by atoms with Gasteiger partial charge in [-0.1, -0.05) is 17.7 Å². The summed E-state index contributed by atoms with van der Waals surface area (Å²) in [5.74, 6) is -2.98. The monoisotopic (exact) mass is 294 g/mol. The number of carbonyl (C=O) groups excluding carboxylic acids is 2. The highest BCUT2D eigenvalue weighted by Crippen LogP contribution is 2.08. The predicted molar refractivity (Wildman–Crippen MR) is 75.9 cm³/mol. The summed E-state index contributed by atoms with van der Waals surface area (Å²) in [6.07, 6.45) is 0. The van der Waals surface area contributed by atoms with E-state index in [2.05, 4.69) is 5.32 Å². The number of carboxylic acid groups (broad SMARTS) is 1. The van der Waals surface area contributed by atoms with Crippen molar-refractivity contribution in [3.63, 3.8) is 0 Å². The largest absolute Gasteiger partial charge is 0.480 e. The number of hydrogen-bond donors (Lipinski definition) is 2. The number of carboxylic acids is 1. The second-order valence-corrected chi connectivity index (χ2v) is 4.43. The molecule has 0 aliphatic carbocycles. The highest BCUT2D eigenvalue weighted by Gasteiger charge is 2.23. The molecule has 1 aromatic carbocycles. The molecule has 0 aliphatic heterocycles. The molecule has 7 heteroatoms. The Morgan fingerprint density at radius 2 is 1.86 bits per heavy atom. The normalized spacial score (nSPS) is 10.0. The van der Waals surface area contributed by atoms with Gasteiger partial charge in [0.1, 0.15) is 6.54 Å². The molecule has 0 radical (unpaired) electrons. The Balaban J connectivity index is 2.70. The van der Waals surface area contributed by atoms with Gasteiger partial charge in [-0.2, -0.15) is 0 Å². The fourth-order valence-corrected chi connectivity index (χ4v) is 1.58. The number of nitrogens with zero attached hydrogens (tertiary/aromatic N) is 1. The molecule has 0 saturated carbocycles. The summed E-state index contributed by atoms with van der Waals surface area (Å²) in [6, 6.07) is 6.91. The zero-order valence-corrected chi connectivity index (χ0v) is 12.0. The van der Waals surface area contributed by atoms with Crippen molar-refractivity contribution in [3.05, 3.63) is 29.8 Å². The van der Waals surface area contributed by atoms with E-state index in [4.69, 9.17) is 9.84 Å². The van der Waals surface area contributed by atoms with Gasteiger partial charge in [0.15, 0.2) is 0 Å². The van der Waals surface area contributed by atoms with Gasteiger partial charge in [-0.25, -0.2) is 0 Å². The van der Waals surface area contributed by atoms with E-state index in [1.165, 1.54) is 7.11 Å². The SMILES string of the molecule is COCCN(CC(=O)O)C(=O)C(=O)Nc1ccc(C)cc1. The number of aliphatic carboxylic acids is 1. The van der Waals surface area contributed by atoms with E-state index in [1.54, 1.807) is 24.3 Å². The third kappa shape index (κ3) is 5.62. The topological polar surface area (TPSA) is 95.9 Å². The number of aryl methyl sites for hydroxylation is 1. The maximum Gasteiger partial charge on any atom is 0.323 e. The Labute approximate surface area is 122 Å². The van der Waals surface area contributed by atoms with Crippen molar-refractivity contribution in [3.8, 4) is 0 Å². The predicted octanol–water partition coefficient (Wildman–Crippen LogP) is 0.493. The summed E-state index contributed by atoms with van der Waals surface area (Å²) in [5.41, 5.74) is 1.49. The van der Waals surface area contributed by atoms with Crippen molar-refractivity contribution in [1.29, 1.82) is 0 Å². The number of rotatable bonds is 6. The first-order chi connectivity index (χ1) is 9.93. The van der Waals surface area contributed by atoms with Crippen LogP contribution in [0.25, 0.3) is 0 Å². The number of nitrogens with one attached hydrogen (secondary N) is 1. The molecule has 2 amide bonds. The van der Waals surface area contributed by atoms with Crippen molar-refractivity contribution in [2.45, 2.75) is 6.92 Å². The van der Waals surface area contributed by atoms with Crippen molar-refractivity contribution >= 4 is 23.5 Å². The number of carbonyl (C=O) groups is 3. The highest BCUT2D eigenvalue weighted by atomic mass is 16.5. The van der Waals surface area contributed by atoms with Gasteiger partial charge in [-0.05, 0) is 19.1 Å². The number of anilines is 1. The molecule has 1 rings (SSSR count). The quantitative estimate of drug-likeness (QED) is 0.745. The van der Waals surface area contributed by atoms with Gasteiger partial charge in [0.2, 0.25) is 0 Å². The van der Waals surface area contributed by atoms with Crippen LogP contribution in [0.3, 0.4) is 0 Å². The van der Waals surface area contributed by atoms with E-state index in [9.17, 15) is 14.4 Å². The lowest BCUT2D eigenvalue weighted by molar-refractivity contribution is -0.148. The summed E-state index contributed by atoms with van der Waals surface area (Å²) < 4.78 is 4.80. The van der Waals surface area contributed by atoms with Gasteiger partial charge < -0.3 is 20.1 Å². The lowest BCUT2D eigenvalue weighted by Gasteiger charge is -2.19. The molecular weight excluding hydrogens is 276 g/mol. The Bertz CT molecular complexity index is 513. The fourth-order valence-electron chi connectivity index (χ4n) is 1.58. The van der Waals surface area contributed by atoms with E-state index in [-0.39, 0.29) is 13.2 Å². The molecule has 0 bridgehead atoms. The maximum atomic E-state index is 12.0. The maximum absolute atomic E-state index is 12.0. The number of hydrogen-bond acceptors (Lipinski definition) is 4. The Morgan fingerprint density at radius 3 is 2.38 bits per heavy atom. The van der Waals surface area contributed by atoms with Crippen LogP contribution in [0.15, 0.2) is 24.3 Å². The molecule has 0 aliphatic rings. The van der Waals surface area contributed by atoms with Gasteiger partial charge in [-0.15, -0.1) is 0 Å². The molecule has 0 spiro atoms. The molecule has 0 heterocycles. The Hall–Kier alpha value is -2.41. The van der Waals surface area contributed by atoms with Gasteiger partial charge >= 0.3 is 17.8 Å². The third-order valence-electron chi connectivity index (χ3n) is 2.68. The van der Waals surface area contributed by atoms with E-state index in [1.807, 2.05) is 6.92 Å². The molecule has 0 fully saturated rings. The van der Waals surface area contributed by atoms with Crippen LogP contribution in [-0.2, 0) is 19.1 Å². The number of benzene rings is 1. The zero-order valence-electron chi connectivity index (χ0n) is 12.0. The van der Waals surface area contributed by atoms with E-state index in [0.29, 0.717) is 5.69 Å². The number of ether oxygens (including phenoxy) is 1. The molecule has 0 saturated heterocycles. The number of methoxy groups -OCH3 is 1. The lowest BCUT2D eigenvalue weighted by atomic mass is 10.2. The summed E-state index contributed by atoms with van der Waals surface area (Å²) >= 11 is 0. The molecule has 114 valence electrons. The van der Waals surface area contributed by atoms with Crippen LogP contribution in [0.1, 0.15) is 5.56 Å². The van der Waals surface area contributed by atoms with Crippen LogP contribution < -0.4 is 5.32 Å². The first kappa shape index (κ1) is 16.6. The van der Waals surface area contributed by atoms with Crippen molar-refractivity contribution in [2.24, 2.45) is 0 Å². The second kappa shape index (κ2) is 8.01. The molecule has 2 N–H and O–H groups in total. The minimum Gasteiger partial charge on any atom is -0.480 e. The van der Waals surface area contributed by atoms with Crippen LogP contribution in [0.4, 0.5) is 5.69 Å². The summed E-state index contributed by atoms with van der Waals surface area (Å²) in [6.45, 7) is 1.53. The highest BCUT2D eigenvalue weighted by molar-refractivity contribution is 6.39. The second-order valence-electron chi connectivity index (χ2n) is 4.43. The third-order valence-corrected chi connectivity index (χ3v) is 2.68. The fraction of sp³-hybridized carbons (Fsp3) is 0.357. The minimum absolute atomic E-state index is 0.0307. The molecule has 21 heavy (non-hydrogen) atoms. The minimum atomic E-state index is -1.19. The smallest absolute Gasteiger partial charge is 0.323 e. The van der Waals surface area contributed by atoms with Crippen LogP contribution in [-0.4, -0.2) is 54.6 Å². The van der Waals surface area contributed by atoms with Crippen LogP contribution in [0, 0.1) is 6.92 Å². The summed E-state index contributed by atoms with van der Waals surface area (Å²) in [4.78, 5) is 35.5. The first-order valence-electron chi connectivity index (χ1n) is 6.31. The summed E-state index contributed by atoms with van der Waals surface area (Å²) in [5, 5.41) is 11.2. The number of amides is 2. The standard InChI is InChI=1S/C14H18N2O5/c1-10-3-5-11(6-4-10)15-13(19)14(20)16(7-8-21-2)9-12(17)18/h3-6H,7-9H2,1-2H3,(H,15,19)(H,17,18). The van der Waals surface area contributed by atoms with Crippen molar-refractivity contribution in [1.82, 2.24) is 4.90 Å². The van der Waals surface area contributed by atoms with Gasteiger partial charge in [0.05, 0.1) is 6.61 Å². The van der Waals surface area contributed by atoms with Crippen LogP contribution >= 0.6 is 0 Å². The van der Waals surface area contributed by atoms with Crippen molar-refractivity contribution in [2.75, 3.05) is 32.1 Å².